The van der Waals surface area contributed by atoms with Gasteiger partial charge in [-0.2, -0.15) is 5.10 Å². The Labute approximate surface area is 195 Å². The van der Waals surface area contributed by atoms with E-state index in [2.05, 4.69) is 15.7 Å². The van der Waals surface area contributed by atoms with Crippen LogP contribution in [0, 0.1) is 6.92 Å². The maximum absolute atomic E-state index is 12.5. The fourth-order valence-electron chi connectivity index (χ4n) is 2.96. The molecule has 8 nitrogen and oxygen atoms in total. The number of rotatable bonds is 8. The molecule has 2 aromatic heterocycles. The van der Waals surface area contributed by atoms with Gasteiger partial charge in [0.05, 0.1) is 24.5 Å². The summed E-state index contributed by atoms with van der Waals surface area (Å²) < 4.78 is 12.0. The van der Waals surface area contributed by atoms with Crippen LogP contribution in [0.25, 0.3) is 5.69 Å². The van der Waals surface area contributed by atoms with Gasteiger partial charge in [0.1, 0.15) is 9.88 Å². The SMILES string of the molecule is CCOC(=O)c1sc(NC(=S)NCc2ccc(-n3cccn3)cc2)c(C(=O)OCC)c1C. The minimum absolute atomic E-state index is 0.222. The molecule has 10 heteroatoms. The van der Waals surface area contributed by atoms with Crippen molar-refractivity contribution < 1.29 is 19.1 Å². The van der Waals surface area contributed by atoms with E-state index in [0.717, 1.165) is 22.6 Å². The second-order valence-electron chi connectivity index (χ2n) is 6.63. The van der Waals surface area contributed by atoms with Gasteiger partial charge in [0.25, 0.3) is 0 Å². The third-order valence-corrected chi connectivity index (χ3v) is 5.91. The molecule has 0 atom stereocenters. The largest absolute Gasteiger partial charge is 0.462 e. The molecule has 3 rings (SSSR count). The first-order valence-electron chi connectivity index (χ1n) is 10.1. The Kier molecular flexibility index (Phi) is 7.96. The minimum Gasteiger partial charge on any atom is -0.462 e. The highest BCUT2D eigenvalue weighted by atomic mass is 32.1. The van der Waals surface area contributed by atoms with Gasteiger partial charge in [-0.1, -0.05) is 12.1 Å². The molecule has 0 bridgehead atoms. The predicted octanol–water partition coefficient (Wildman–Crippen LogP) is 4.08. The van der Waals surface area contributed by atoms with Crippen LogP contribution in [0.4, 0.5) is 5.00 Å². The summed E-state index contributed by atoms with van der Waals surface area (Å²) in [4.78, 5) is 25.1. The molecule has 0 saturated carbocycles. The summed E-state index contributed by atoms with van der Waals surface area (Å²) in [5.74, 6) is -0.999. The number of thiophene rings is 1. The number of carbonyl (C=O) groups excluding carboxylic acids is 2. The van der Waals surface area contributed by atoms with Crippen LogP contribution in [0.3, 0.4) is 0 Å². The smallest absolute Gasteiger partial charge is 0.348 e. The van der Waals surface area contributed by atoms with E-state index in [1.807, 2.05) is 36.5 Å². The quantitative estimate of drug-likeness (QED) is 0.374. The van der Waals surface area contributed by atoms with Gasteiger partial charge < -0.3 is 20.1 Å². The Morgan fingerprint density at radius 1 is 1.12 bits per heavy atom. The standard InChI is InChI=1S/C22H24N4O4S2/c1-4-29-20(27)17-14(3)18(21(28)30-5-2)32-19(17)25-22(31)23-13-15-7-9-16(10-8-15)26-12-6-11-24-26/h6-12H,4-5,13H2,1-3H3,(H2,23,25,31). The number of hydrogen-bond acceptors (Lipinski definition) is 7. The lowest BCUT2D eigenvalue weighted by atomic mass is 10.1. The number of carbonyl (C=O) groups is 2. The van der Waals surface area contributed by atoms with Crippen LogP contribution in [0.1, 0.15) is 45.0 Å². The van der Waals surface area contributed by atoms with Crippen molar-refractivity contribution in [3.8, 4) is 5.69 Å². The summed E-state index contributed by atoms with van der Waals surface area (Å²) >= 11 is 6.52. The summed E-state index contributed by atoms with van der Waals surface area (Å²) in [7, 11) is 0. The summed E-state index contributed by atoms with van der Waals surface area (Å²) in [6.45, 7) is 6.09. The molecular formula is C22H24N4O4S2. The molecule has 0 aliphatic rings. The highest BCUT2D eigenvalue weighted by Crippen LogP contribution is 2.34. The first-order chi connectivity index (χ1) is 15.4. The molecule has 0 spiro atoms. The van der Waals surface area contributed by atoms with Crippen molar-refractivity contribution in [2.24, 2.45) is 0 Å². The van der Waals surface area contributed by atoms with E-state index in [4.69, 9.17) is 21.7 Å². The Hall–Kier alpha value is -3.24. The highest BCUT2D eigenvalue weighted by molar-refractivity contribution is 7.80. The second-order valence-corrected chi connectivity index (χ2v) is 8.05. The lowest BCUT2D eigenvalue weighted by Crippen LogP contribution is -2.28. The van der Waals surface area contributed by atoms with E-state index >= 15 is 0 Å². The van der Waals surface area contributed by atoms with Crippen molar-refractivity contribution in [2.75, 3.05) is 18.5 Å². The maximum atomic E-state index is 12.5. The lowest BCUT2D eigenvalue weighted by Gasteiger charge is -2.11. The zero-order valence-electron chi connectivity index (χ0n) is 18.0. The van der Waals surface area contributed by atoms with Crippen LogP contribution < -0.4 is 10.6 Å². The molecule has 0 saturated heterocycles. The van der Waals surface area contributed by atoms with Gasteiger partial charge in [0.2, 0.25) is 0 Å². The molecule has 0 aliphatic heterocycles. The third-order valence-electron chi connectivity index (χ3n) is 4.47. The van der Waals surface area contributed by atoms with Crippen LogP contribution in [0.15, 0.2) is 42.7 Å². The number of aromatic nitrogens is 2. The first kappa shape index (κ1) is 23.4. The number of ether oxygens (including phenoxy) is 2. The van der Waals surface area contributed by atoms with Crippen LogP contribution >= 0.6 is 23.6 Å². The van der Waals surface area contributed by atoms with Gasteiger partial charge in [-0.15, -0.1) is 11.3 Å². The molecule has 0 amide bonds. The van der Waals surface area contributed by atoms with E-state index in [-0.39, 0.29) is 18.8 Å². The maximum Gasteiger partial charge on any atom is 0.348 e. The van der Waals surface area contributed by atoms with Crippen molar-refractivity contribution in [1.29, 1.82) is 0 Å². The van der Waals surface area contributed by atoms with Gasteiger partial charge in [-0.25, -0.2) is 14.3 Å². The van der Waals surface area contributed by atoms with Crippen molar-refractivity contribution in [1.82, 2.24) is 15.1 Å². The first-order valence-corrected chi connectivity index (χ1v) is 11.3. The predicted molar refractivity (Wildman–Crippen MR) is 128 cm³/mol. The molecule has 32 heavy (non-hydrogen) atoms. The zero-order valence-corrected chi connectivity index (χ0v) is 19.6. The van der Waals surface area contributed by atoms with Crippen LogP contribution in [0.5, 0.6) is 0 Å². The van der Waals surface area contributed by atoms with Crippen LogP contribution in [-0.2, 0) is 16.0 Å². The summed E-state index contributed by atoms with van der Waals surface area (Å²) in [5.41, 5.74) is 2.77. The van der Waals surface area contributed by atoms with Crippen molar-refractivity contribution in [2.45, 2.75) is 27.3 Å². The van der Waals surface area contributed by atoms with E-state index in [0.29, 0.717) is 27.1 Å². The number of thiocarbonyl (C=S) groups is 1. The van der Waals surface area contributed by atoms with Crippen LogP contribution in [0.2, 0.25) is 0 Å². The van der Waals surface area contributed by atoms with E-state index in [1.165, 1.54) is 0 Å². The van der Waals surface area contributed by atoms with E-state index in [1.54, 1.807) is 31.6 Å². The number of hydrogen-bond donors (Lipinski definition) is 2. The van der Waals surface area contributed by atoms with Gasteiger partial charge in [-0.3, -0.25) is 0 Å². The molecule has 168 valence electrons. The van der Waals surface area contributed by atoms with Crippen molar-refractivity contribution in [3.63, 3.8) is 0 Å². The molecule has 0 radical (unpaired) electrons. The highest BCUT2D eigenvalue weighted by Gasteiger charge is 2.26. The number of anilines is 1. The number of benzene rings is 1. The number of nitrogens with zero attached hydrogens (tertiary/aromatic N) is 2. The molecule has 2 N–H and O–H groups in total. The summed E-state index contributed by atoms with van der Waals surface area (Å²) in [6, 6.07) is 9.75. The van der Waals surface area contributed by atoms with E-state index < -0.39 is 11.9 Å². The van der Waals surface area contributed by atoms with Gasteiger partial charge in [0, 0.05) is 18.9 Å². The Bertz CT molecular complexity index is 1090. The lowest BCUT2D eigenvalue weighted by molar-refractivity contribution is 0.0527. The second kappa shape index (κ2) is 10.9. The monoisotopic (exact) mass is 472 g/mol. The normalized spacial score (nSPS) is 10.5. The van der Waals surface area contributed by atoms with Crippen molar-refractivity contribution in [3.05, 3.63) is 64.3 Å². The topological polar surface area (TPSA) is 94.5 Å². The van der Waals surface area contributed by atoms with Gasteiger partial charge in [0.15, 0.2) is 5.11 Å². The fraction of sp³-hybridized carbons (Fsp3) is 0.273. The summed E-state index contributed by atoms with van der Waals surface area (Å²) in [6.07, 6.45) is 3.60. The van der Waals surface area contributed by atoms with Gasteiger partial charge >= 0.3 is 11.9 Å². The Morgan fingerprint density at radius 2 is 1.81 bits per heavy atom. The van der Waals surface area contributed by atoms with Crippen molar-refractivity contribution >= 4 is 45.6 Å². The minimum atomic E-state index is -0.517. The summed E-state index contributed by atoms with van der Waals surface area (Å²) in [5, 5.41) is 11.1. The third kappa shape index (κ3) is 5.51. The number of esters is 2. The average molecular weight is 473 g/mol. The van der Waals surface area contributed by atoms with Gasteiger partial charge in [-0.05, 0) is 62.3 Å². The average Bonchev–Trinajstić information content (AvgIpc) is 3.41. The molecular weight excluding hydrogens is 448 g/mol. The molecule has 0 unspecified atom stereocenters. The Morgan fingerprint density at radius 3 is 2.44 bits per heavy atom. The number of nitrogens with one attached hydrogen (secondary N) is 2. The van der Waals surface area contributed by atoms with E-state index in [9.17, 15) is 9.59 Å². The Balaban J connectivity index is 1.70. The molecule has 2 heterocycles. The molecule has 0 aliphatic carbocycles. The fourth-order valence-corrected chi connectivity index (χ4v) is 4.29. The molecule has 0 fully saturated rings. The molecule has 3 aromatic rings. The zero-order chi connectivity index (χ0) is 23.1. The van der Waals surface area contributed by atoms with Crippen LogP contribution in [-0.4, -0.2) is 40.0 Å². The molecule has 1 aromatic carbocycles.